The van der Waals surface area contributed by atoms with Gasteiger partial charge in [0.25, 0.3) is 11.8 Å². The number of carboxylic acid groups (broad SMARTS) is 1. The van der Waals surface area contributed by atoms with Gasteiger partial charge in [-0.15, -0.1) is 21.5 Å². The number of likely N-dealkylation sites (N-methyl/N-ethyl adjacent to an activating group) is 1. The molecule has 12 nitrogen and oxygen atoms in total. The molecule has 0 aliphatic carbocycles. The van der Waals surface area contributed by atoms with Crippen LogP contribution in [0.4, 0.5) is 22.8 Å². The highest BCUT2D eigenvalue weighted by Gasteiger charge is 2.36. The minimum atomic E-state index is -4.76. The summed E-state index contributed by atoms with van der Waals surface area (Å²) in [5.41, 5.74) is -1.31. The first-order valence-corrected chi connectivity index (χ1v) is 13.7. The van der Waals surface area contributed by atoms with E-state index in [9.17, 15) is 27.9 Å². The van der Waals surface area contributed by atoms with Gasteiger partial charge in [-0.2, -0.15) is 18.3 Å². The number of carbonyl (C=O) groups is 2. The van der Waals surface area contributed by atoms with Gasteiger partial charge in [-0.1, -0.05) is 12.1 Å². The van der Waals surface area contributed by atoms with Crippen LogP contribution in [-0.4, -0.2) is 79.9 Å². The summed E-state index contributed by atoms with van der Waals surface area (Å²) in [4.78, 5) is 27.0. The van der Waals surface area contributed by atoms with E-state index in [-0.39, 0.29) is 42.8 Å². The largest absolute Gasteiger partial charge is 0.496 e. The molecule has 4 aromatic rings. The Labute approximate surface area is 248 Å². The Kier molecular flexibility index (Phi) is 8.98. The molecule has 0 bridgehead atoms. The predicted octanol–water partition coefficient (Wildman–Crippen LogP) is 6.03. The number of aromatic nitrogens is 4. The van der Waals surface area contributed by atoms with E-state index in [4.69, 9.17) is 13.9 Å². The number of amides is 2. The number of rotatable bonds is 9. The molecule has 1 N–H and O–H groups in total. The summed E-state index contributed by atoms with van der Waals surface area (Å²) in [6, 6.07) is 9.12. The summed E-state index contributed by atoms with van der Waals surface area (Å²) < 4.78 is 58.4. The number of para-hydroxylation sites is 1. The van der Waals surface area contributed by atoms with Crippen LogP contribution in [0.3, 0.4) is 0 Å². The van der Waals surface area contributed by atoms with Crippen LogP contribution in [0.25, 0.3) is 28.7 Å². The standard InChI is InChI=1S/C27H29F3N6O6S/c1-26(2,3)42-25(39)34(4)10-11-35(24(37)38)14-17-12-16(15-43-17)36-19(13-21(33-36)27(28,29)30)23-32-31-22(41-23)18-8-6-7-9-20(18)40-5/h6-9,12-13,15H,10-11,14H2,1-5H3,(H,37,38). The Morgan fingerprint density at radius 2 is 1.79 bits per heavy atom. The normalized spacial score (nSPS) is 11.8. The molecular weight excluding hydrogens is 593 g/mol. The molecule has 0 aliphatic heterocycles. The summed E-state index contributed by atoms with van der Waals surface area (Å²) in [5.74, 6) is 0.257. The summed E-state index contributed by atoms with van der Waals surface area (Å²) in [5, 5.41) is 22.9. The van der Waals surface area contributed by atoms with Crippen LogP contribution >= 0.6 is 11.3 Å². The van der Waals surface area contributed by atoms with Crippen LogP contribution in [0, 0.1) is 0 Å². The summed E-state index contributed by atoms with van der Waals surface area (Å²) in [6.07, 6.45) is -6.59. The molecule has 2 amide bonds. The predicted molar refractivity (Wildman–Crippen MR) is 149 cm³/mol. The van der Waals surface area contributed by atoms with E-state index in [1.165, 1.54) is 30.5 Å². The first-order valence-electron chi connectivity index (χ1n) is 12.8. The number of nitrogens with zero attached hydrogens (tertiary/aromatic N) is 6. The van der Waals surface area contributed by atoms with Crippen molar-refractivity contribution in [3.8, 4) is 34.5 Å². The number of ether oxygens (including phenoxy) is 2. The monoisotopic (exact) mass is 622 g/mol. The van der Waals surface area contributed by atoms with Gasteiger partial charge in [0.2, 0.25) is 0 Å². The number of thiophene rings is 1. The summed E-state index contributed by atoms with van der Waals surface area (Å²) >= 11 is 1.13. The van der Waals surface area contributed by atoms with Crippen LogP contribution in [0.1, 0.15) is 31.3 Å². The van der Waals surface area contributed by atoms with Gasteiger partial charge in [0.05, 0.1) is 24.9 Å². The quantitative estimate of drug-likeness (QED) is 0.237. The zero-order valence-corrected chi connectivity index (χ0v) is 24.7. The molecule has 3 heterocycles. The minimum absolute atomic E-state index is 0.0305. The minimum Gasteiger partial charge on any atom is -0.496 e. The van der Waals surface area contributed by atoms with Crippen molar-refractivity contribution in [3.63, 3.8) is 0 Å². The van der Waals surface area contributed by atoms with Crippen LogP contribution < -0.4 is 4.74 Å². The maximum atomic E-state index is 13.7. The lowest BCUT2D eigenvalue weighted by molar-refractivity contribution is -0.141. The molecule has 0 aliphatic rings. The number of methoxy groups -OCH3 is 1. The molecule has 0 saturated heterocycles. The average molecular weight is 623 g/mol. The van der Waals surface area contributed by atoms with E-state index >= 15 is 0 Å². The van der Waals surface area contributed by atoms with Crippen molar-refractivity contribution in [1.82, 2.24) is 29.8 Å². The maximum absolute atomic E-state index is 13.7. The van der Waals surface area contributed by atoms with Gasteiger partial charge in [-0.3, -0.25) is 0 Å². The molecule has 0 radical (unpaired) electrons. The molecule has 230 valence electrons. The number of hydrogen-bond acceptors (Lipinski definition) is 9. The maximum Gasteiger partial charge on any atom is 0.435 e. The Bertz CT molecular complexity index is 1590. The van der Waals surface area contributed by atoms with E-state index < -0.39 is 29.7 Å². The van der Waals surface area contributed by atoms with Gasteiger partial charge < -0.3 is 28.8 Å². The van der Waals surface area contributed by atoms with E-state index in [1.54, 1.807) is 45.0 Å². The smallest absolute Gasteiger partial charge is 0.435 e. The SMILES string of the molecule is COc1ccccc1-c1nnc(-c2cc(C(F)(F)F)nn2-c2csc(CN(CCN(C)C(=O)OC(C)(C)C)C(=O)O)c2)o1. The third kappa shape index (κ3) is 7.63. The number of hydrogen-bond donors (Lipinski definition) is 1. The number of halogens is 3. The lowest BCUT2D eigenvalue weighted by Gasteiger charge is -2.26. The molecule has 16 heteroatoms. The van der Waals surface area contributed by atoms with Crippen LogP contribution in [0.2, 0.25) is 0 Å². The first-order chi connectivity index (χ1) is 20.2. The molecule has 0 saturated carbocycles. The Balaban J connectivity index is 1.58. The van der Waals surface area contributed by atoms with Crippen molar-refractivity contribution < 1.29 is 41.8 Å². The van der Waals surface area contributed by atoms with Crippen molar-refractivity contribution >= 4 is 23.5 Å². The summed E-state index contributed by atoms with van der Waals surface area (Å²) in [6.45, 7) is 5.11. The Morgan fingerprint density at radius 3 is 2.44 bits per heavy atom. The lowest BCUT2D eigenvalue weighted by atomic mass is 10.2. The lowest BCUT2D eigenvalue weighted by Crippen LogP contribution is -2.40. The van der Waals surface area contributed by atoms with E-state index in [1.807, 2.05) is 0 Å². The van der Waals surface area contributed by atoms with Gasteiger partial charge in [-0.05, 0) is 39.0 Å². The highest BCUT2D eigenvalue weighted by molar-refractivity contribution is 7.10. The number of carbonyl (C=O) groups excluding carboxylic acids is 1. The third-order valence-corrected chi connectivity index (χ3v) is 6.80. The molecule has 0 spiro atoms. The highest BCUT2D eigenvalue weighted by Crippen LogP contribution is 2.36. The second kappa shape index (κ2) is 12.3. The molecule has 4 rings (SSSR count). The molecule has 0 unspecified atom stereocenters. The molecule has 0 atom stereocenters. The number of benzene rings is 1. The third-order valence-electron chi connectivity index (χ3n) is 5.89. The Morgan fingerprint density at radius 1 is 1.09 bits per heavy atom. The topological polar surface area (TPSA) is 136 Å². The van der Waals surface area contributed by atoms with Gasteiger partial charge in [0.1, 0.15) is 17.0 Å². The second-order valence-electron chi connectivity index (χ2n) is 10.3. The molecule has 1 aromatic carbocycles. The molecule has 0 fully saturated rings. The van der Waals surface area contributed by atoms with Gasteiger partial charge >= 0.3 is 18.4 Å². The van der Waals surface area contributed by atoms with Gasteiger partial charge in [0, 0.05) is 36.5 Å². The molecular formula is C27H29F3N6O6S. The zero-order valence-electron chi connectivity index (χ0n) is 23.9. The molecule has 43 heavy (non-hydrogen) atoms. The van der Waals surface area contributed by atoms with Crippen LogP contribution in [0.5, 0.6) is 5.75 Å². The fourth-order valence-corrected chi connectivity index (χ4v) is 4.68. The fourth-order valence-electron chi connectivity index (χ4n) is 3.82. The van der Waals surface area contributed by atoms with Crippen molar-refractivity contribution in [1.29, 1.82) is 0 Å². The van der Waals surface area contributed by atoms with Crippen molar-refractivity contribution in [3.05, 3.63) is 52.3 Å². The van der Waals surface area contributed by atoms with Crippen molar-refractivity contribution in [2.45, 2.75) is 39.1 Å². The average Bonchev–Trinajstić information content (AvgIpc) is 3.68. The molecule has 3 aromatic heterocycles. The van der Waals surface area contributed by atoms with Crippen molar-refractivity contribution in [2.75, 3.05) is 27.2 Å². The summed E-state index contributed by atoms with van der Waals surface area (Å²) in [7, 11) is 2.95. The fraction of sp³-hybridized carbons (Fsp3) is 0.370. The Hall–Kier alpha value is -4.60. The zero-order chi connectivity index (χ0) is 31.5. The van der Waals surface area contributed by atoms with Crippen LogP contribution in [-0.2, 0) is 17.5 Å². The van der Waals surface area contributed by atoms with E-state index in [0.717, 1.165) is 27.0 Å². The highest BCUT2D eigenvalue weighted by atomic mass is 32.1. The second-order valence-corrected chi connectivity index (χ2v) is 11.3. The van der Waals surface area contributed by atoms with E-state index in [0.29, 0.717) is 16.2 Å². The number of alkyl halides is 3. The van der Waals surface area contributed by atoms with Crippen LogP contribution in [0.15, 0.2) is 46.2 Å². The first kappa shape index (κ1) is 31.3. The van der Waals surface area contributed by atoms with Gasteiger partial charge in [0.15, 0.2) is 5.69 Å². The van der Waals surface area contributed by atoms with E-state index in [2.05, 4.69) is 15.3 Å². The van der Waals surface area contributed by atoms with Gasteiger partial charge in [-0.25, -0.2) is 14.3 Å². The van der Waals surface area contributed by atoms with Crippen molar-refractivity contribution in [2.24, 2.45) is 0 Å².